The molecule has 1 heterocycles. The third-order valence-electron chi connectivity index (χ3n) is 2.31. The molecule has 1 aromatic carbocycles. The van der Waals surface area contributed by atoms with Crippen molar-refractivity contribution in [3.8, 4) is 5.75 Å². The summed E-state index contributed by atoms with van der Waals surface area (Å²) in [5.41, 5.74) is 0. The van der Waals surface area contributed by atoms with Crippen LogP contribution < -0.4 is 4.74 Å². The summed E-state index contributed by atoms with van der Waals surface area (Å²) in [4.78, 5) is 1.72. The highest BCUT2D eigenvalue weighted by Gasteiger charge is 2.23. The number of thiocarbonyl (C=S) groups is 1. The van der Waals surface area contributed by atoms with Crippen LogP contribution in [0.1, 0.15) is 0 Å². The number of rotatable bonds is 3. The van der Waals surface area contributed by atoms with E-state index in [9.17, 15) is 4.39 Å². The fourth-order valence-electron chi connectivity index (χ4n) is 1.29. The maximum atomic E-state index is 12.8. The van der Waals surface area contributed by atoms with Crippen LogP contribution in [-0.2, 0) is 0 Å². The van der Waals surface area contributed by atoms with Crippen LogP contribution in [0.4, 0.5) is 4.39 Å². The smallest absolute Gasteiger partial charge is 0.217 e. The lowest BCUT2D eigenvalue weighted by Gasteiger charge is -2.18. The molecule has 2 rings (SSSR count). The zero-order valence-electron chi connectivity index (χ0n) is 8.93. The first-order valence-corrected chi connectivity index (χ1v) is 5.62. The van der Waals surface area contributed by atoms with E-state index < -0.39 is 5.82 Å². The lowest BCUT2D eigenvalue weighted by molar-refractivity contribution is 0.229. The molecule has 1 atom stereocenters. The number of halogens is 2. The van der Waals surface area contributed by atoms with Crippen LogP contribution in [0.25, 0.3) is 0 Å². The quantitative estimate of drug-likeness (QED) is 0.795. The van der Waals surface area contributed by atoms with Crippen molar-refractivity contribution in [1.29, 1.82) is 0 Å². The van der Waals surface area contributed by atoms with Gasteiger partial charge in [-0.05, 0) is 30.4 Å². The predicted molar refractivity (Wildman–Crippen MR) is 65.9 cm³/mol. The van der Waals surface area contributed by atoms with Gasteiger partial charge in [0.25, 0.3) is 0 Å². The topological polar surface area (TPSA) is 37.2 Å². The zero-order valence-corrected chi connectivity index (χ0v) is 10.5. The van der Waals surface area contributed by atoms with Gasteiger partial charge in [0.1, 0.15) is 18.2 Å². The normalized spacial score (nSPS) is 18.9. The number of hydrogen-bond acceptors (Lipinski definition) is 3. The van der Waals surface area contributed by atoms with E-state index in [1.165, 1.54) is 18.2 Å². The Morgan fingerprint density at radius 3 is 2.94 bits per heavy atom. The van der Waals surface area contributed by atoms with Crippen molar-refractivity contribution in [2.75, 3.05) is 13.7 Å². The van der Waals surface area contributed by atoms with Crippen molar-refractivity contribution in [2.45, 2.75) is 6.17 Å². The summed E-state index contributed by atoms with van der Waals surface area (Å²) in [6.45, 7) is 0.255. The largest absolute Gasteiger partial charge is 0.488 e. The summed E-state index contributed by atoms with van der Waals surface area (Å²) in [6, 6.07) is 3.95. The number of benzene rings is 1. The molecule has 1 aliphatic heterocycles. The number of likely N-dealkylation sites (N-methyl/N-ethyl adjacent to an activating group) is 1. The molecular weight excluding hydrogens is 265 g/mol. The highest BCUT2D eigenvalue weighted by Crippen LogP contribution is 2.25. The van der Waals surface area contributed by atoms with Crippen LogP contribution in [0, 0.1) is 5.82 Å². The molecule has 0 bridgehead atoms. The Morgan fingerprint density at radius 1 is 1.59 bits per heavy atom. The molecule has 0 amide bonds. The second-order valence-corrected chi connectivity index (χ2v) is 4.25. The lowest BCUT2D eigenvalue weighted by Crippen LogP contribution is -2.33. The van der Waals surface area contributed by atoms with Crippen molar-refractivity contribution in [3.05, 3.63) is 29.0 Å². The predicted octanol–water partition coefficient (Wildman–Crippen LogP) is 2.87. The highest BCUT2D eigenvalue weighted by atomic mass is 35.5. The van der Waals surface area contributed by atoms with Gasteiger partial charge in [-0.3, -0.25) is 0 Å². The lowest BCUT2D eigenvalue weighted by atomic mass is 10.3. The molecule has 0 aliphatic carbocycles. The summed E-state index contributed by atoms with van der Waals surface area (Å²) in [5, 5.41) is 8.33. The molecule has 0 spiro atoms. The van der Waals surface area contributed by atoms with E-state index in [0.29, 0.717) is 10.9 Å². The van der Waals surface area contributed by atoms with Gasteiger partial charge in [0.2, 0.25) is 5.11 Å². The fraction of sp³-hybridized carbons (Fsp3) is 0.300. The molecule has 4 nitrogen and oxygen atoms in total. The Bertz CT molecular complexity index is 483. The summed E-state index contributed by atoms with van der Waals surface area (Å²) in [5.74, 6) is 0.00989. The SMILES string of the molecule is CN1C(=S)N=NC1COc1ccc(F)cc1Cl. The van der Waals surface area contributed by atoms with Crippen molar-refractivity contribution in [3.63, 3.8) is 0 Å². The van der Waals surface area contributed by atoms with Gasteiger partial charge in [0.15, 0.2) is 6.17 Å². The van der Waals surface area contributed by atoms with Crippen LogP contribution >= 0.6 is 23.8 Å². The third kappa shape index (κ3) is 2.70. The Kier molecular flexibility index (Phi) is 3.54. The number of nitrogens with zero attached hydrogens (tertiary/aromatic N) is 3. The van der Waals surface area contributed by atoms with Crippen molar-refractivity contribution in [1.82, 2.24) is 4.90 Å². The van der Waals surface area contributed by atoms with Gasteiger partial charge < -0.3 is 9.64 Å². The van der Waals surface area contributed by atoms with Gasteiger partial charge >= 0.3 is 0 Å². The molecule has 0 N–H and O–H groups in total. The number of azo groups is 1. The summed E-state index contributed by atoms with van der Waals surface area (Å²) in [7, 11) is 1.78. The second kappa shape index (κ2) is 4.93. The van der Waals surface area contributed by atoms with E-state index in [4.69, 9.17) is 28.6 Å². The maximum absolute atomic E-state index is 12.8. The molecule has 0 saturated carbocycles. The van der Waals surface area contributed by atoms with E-state index in [1.54, 1.807) is 11.9 Å². The molecule has 1 aliphatic rings. The Labute approximate surface area is 108 Å². The Hall–Kier alpha value is -1.27. The first-order valence-electron chi connectivity index (χ1n) is 4.83. The average Bonchev–Trinajstić information content (AvgIpc) is 2.59. The Morgan fingerprint density at radius 2 is 2.35 bits per heavy atom. The van der Waals surface area contributed by atoms with Crippen LogP contribution in [0.2, 0.25) is 5.02 Å². The molecule has 0 fully saturated rings. The molecule has 1 unspecified atom stereocenters. The third-order valence-corrected chi connectivity index (χ3v) is 2.97. The van der Waals surface area contributed by atoms with Crippen LogP contribution in [0.15, 0.2) is 28.4 Å². The maximum Gasteiger partial charge on any atom is 0.217 e. The minimum atomic E-state index is -0.402. The summed E-state index contributed by atoms with van der Waals surface area (Å²) in [6.07, 6.45) is -0.261. The first-order chi connectivity index (χ1) is 8.08. The van der Waals surface area contributed by atoms with Gasteiger partial charge in [-0.2, -0.15) is 5.11 Å². The Balaban J connectivity index is 1.99. The van der Waals surface area contributed by atoms with Crippen LogP contribution in [-0.4, -0.2) is 29.8 Å². The van der Waals surface area contributed by atoms with E-state index in [0.717, 1.165) is 0 Å². The van der Waals surface area contributed by atoms with Crippen molar-refractivity contribution >= 4 is 28.9 Å². The molecule has 0 aromatic heterocycles. The van der Waals surface area contributed by atoms with Crippen LogP contribution in [0.5, 0.6) is 5.75 Å². The zero-order chi connectivity index (χ0) is 12.4. The first kappa shape index (κ1) is 12.2. The van der Waals surface area contributed by atoms with E-state index in [-0.39, 0.29) is 17.8 Å². The van der Waals surface area contributed by atoms with Crippen molar-refractivity contribution in [2.24, 2.45) is 10.2 Å². The van der Waals surface area contributed by atoms with Crippen molar-refractivity contribution < 1.29 is 9.13 Å². The molecular formula is C10H9ClFN3OS. The number of ether oxygens (including phenoxy) is 1. The van der Waals surface area contributed by atoms with E-state index in [2.05, 4.69) is 10.2 Å². The second-order valence-electron chi connectivity index (χ2n) is 3.48. The highest BCUT2D eigenvalue weighted by molar-refractivity contribution is 7.80. The van der Waals surface area contributed by atoms with Crippen LogP contribution in [0.3, 0.4) is 0 Å². The molecule has 0 saturated heterocycles. The minimum absolute atomic E-state index is 0.227. The summed E-state index contributed by atoms with van der Waals surface area (Å²) < 4.78 is 18.2. The minimum Gasteiger partial charge on any atom is -0.488 e. The average molecular weight is 274 g/mol. The molecule has 7 heteroatoms. The fourth-order valence-corrected chi connectivity index (χ4v) is 1.68. The standard InChI is InChI=1S/C10H9ClFN3OS/c1-15-9(13-14-10(15)17)5-16-8-3-2-6(12)4-7(8)11/h2-4,9H,5H2,1H3. The molecule has 90 valence electrons. The molecule has 17 heavy (non-hydrogen) atoms. The van der Waals surface area contributed by atoms with Gasteiger partial charge in [-0.1, -0.05) is 11.6 Å². The molecule has 1 aromatic rings. The van der Waals surface area contributed by atoms with Gasteiger partial charge in [0, 0.05) is 7.05 Å². The van der Waals surface area contributed by atoms with E-state index in [1.807, 2.05) is 0 Å². The summed E-state index contributed by atoms with van der Waals surface area (Å²) >= 11 is 10.7. The number of hydrogen-bond donors (Lipinski definition) is 0. The monoisotopic (exact) mass is 273 g/mol. The van der Waals surface area contributed by atoms with E-state index >= 15 is 0 Å². The molecule has 0 radical (unpaired) electrons. The van der Waals surface area contributed by atoms with Gasteiger partial charge in [-0.25, -0.2) is 4.39 Å². The van der Waals surface area contributed by atoms with Gasteiger partial charge in [0.05, 0.1) is 5.02 Å². The van der Waals surface area contributed by atoms with Gasteiger partial charge in [-0.15, -0.1) is 5.11 Å².